The van der Waals surface area contributed by atoms with E-state index in [1.165, 1.54) is 12.1 Å². The molecule has 2 aromatic rings. The second kappa shape index (κ2) is 12.2. The summed E-state index contributed by atoms with van der Waals surface area (Å²) in [6.07, 6.45) is 0.408. The summed E-state index contributed by atoms with van der Waals surface area (Å²) in [7, 11) is 1.81. The summed E-state index contributed by atoms with van der Waals surface area (Å²) in [6, 6.07) is 7.78. The summed E-state index contributed by atoms with van der Waals surface area (Å²) in [5.74, 6) is -0.678. The van der Waals surface area contributed by atoms with Crippen molar-refractivity contribution >= 4 is 59.0 Å². The molecule has 1 unspecified atom stereocenters. The molecule has 0 bridgehead atoms. The highest BCUT2D eigenvalue weighted by Crippen LogP contribution is 2.25. The van der Waals surface area contributed by atoms with Gasteiger partial charge in [-0.25, -0.2) is 9.38 Å². The first-order valence-electron chi connectivity index (χ1n) is 8.87. The molecule has 2 rings (SSSR count). The van der Waals surface area contributed by atoms with E-state index in [1.807, 2.05) is 14.0 Å². The standard InChI is InChI=1S/C19H24Cl2FN5O.HI/c1-3-24-19(26-11-15-9-16(20)17(21)27(15)2)25-10-13(18(23)28)8-12-4-6-14(22)7-5-12;/h4-7,9,13H,3,8,10-11H2,1-2H3,(H2,23,28)(H2,24,25,26);1H. The quantitative estimate of drug-likeness (QED) is 0.265. The highest BCUT2D eigenvalue weighted by atomic mass is 127. The minimum atomic E-state index is -0.465. The van der Waals surface area contributed by atoms with Crippen LogP contribution in [0.25, 0.3) is 0 Å². The minimum Gasteiger partial charge on any atom is -0.369 e. The number of hydrogen-bond donors (Lipinski definition) is 3. The number of nitrogens with two attached hydrogens (primary N) is 1. The van der Waals surface area contributed by atoms with Crippen molar-refractivity contribution < 1.29 is 9.18 Å². The van der Waals surface area contributed by atoms with E-state index in [1.54, 1.807) is 22.8 Å². The summed E-state index contributed by atoms with van der Waals surface area (Å²) >= 11 is 12.1. The number of aliphatic imine (C=N–C) groups is 1. The summed E-state index contributed by atoms with van der Waals surface area (Å²) in [6.45, 7) is 3.25. The van der Waals surface area contributed by atoms with Gasteiger partial charge in [0.1, 0.15) is 11.0 Å². The van der Waals surface area contributed by atoms with E-state index in [0.717, 1.165) is 11.3 Å². The van der Waals surface area contributed by atoms with Crippen molar-refractivity contribution in [2.45, 2.75) is 19.9 Å². The fourth-order valence-corrected chi connectivity index (χ4v) is 3.06. The zero-order valence-corrected chi connectivity index (χ0v) is 20.1. The average molecular weight is 556 g/mol. The summed E-state index contributed by atoms with van der Waals surface area (Å²) < 4.78 is 14.8. The number of guanidine groups is 1. The van der Waals surface area contributed by atoms with E-state index in [2.05, 4.69) is 15.6 Å². The SMILES string of the molecule is CCNC(=NCc1cc(Cl)c(Cl)n1C)NCC(Cc1ccc(F)cc1)C(N)=O.I. The molecule has 0 aliphatic heterocycles. The zero-order chi connectivity index (χ0) is 20.7. The van der Waals surface area contributed by atoms with Gasteiger partial charge in [0.15, 0.2) is 5.96 Å². The number of amides is 1. The summed E-state index contributed by atoms with van der Waals surface area (Å²) in [5, 5.41) is 7.18. The summed E-state index contributed by atoms with van der Waals surface area (Å²) in [5.41, 5.74) is 7.22. The van der Waals surface area contributed by atoms with Crippen LogP contribution in [-0.2, 0) is 24.8 Å². The van der Waals surface area contributed by atoms with Crippen molar-refractivity contribution in [3.63, 3.8) is 0 Å². The Balaban J connectivity index is 0.00000420. The first kappa shape index (κ1) is 25.5. The molecule has 1 aromatic heterocycles. The molecule has 6 nitrogen and oxygen atoms in total. The van der Waals surface area contributed by atoms with Crippen LogP contribution in [0.15, 0.2) is 35.3 Å². The molecule has 4 N–H and O–H groups in total. The van der Waals surface area contributed by atoms with Crippen LogP contribution in [0, 0.1) is 11.7 Å². The van der Waals surface area contributed by atoms with Crippen LogP contribution in [0.2, 0.25) is 10.2 Å². The second-order valence-corrected chi connectivity index (χ2v) is 7.10. The van der Waals surface area contributed by atoms with Crippen molar-refractivity contribution in [1.82, 2.24) is 15.2 Å². The lowest BCUT2D eigenvalue weighted by atomic mass is 9.98. The van der Waals surface area contributed by atoms with Gasteiger partial charge in [0.2, 0.25) is 5.91 Å². The van der Waals surface area contributed by atoms with E-state index in [0.29, 0.717) is 42.2 Å². The van der Waals surface area contributed by atoms with Crippen LogP contribution in [0.4, 0.5) is 4.39 Å². The number of aromatic nitrogens is 1. The highest BCUT2D eigenvalue weighted by molar-refractivity contribution is 14.0. The average Bonchev–Trinajstić information content (AvgIpc) is 2.91. The van der Waals surface area contributed by atoms with Gasteiger partial charge in [0, 0.05) is 25.8 Å². The highest BCUT2D eigenvalue weighted by Gasteiger charge is 2.17. The van der Waals surface area contributed by atoms with Gasteiger partial charge < -0.3 is 20.9 Å². The lowest BCUT2D eigenvalue weighted by molar-refractivity contribution is -0.121. The Hall–Kier alpha value is -1.52. The maximum Gasteiger partial charge on any atom is 0.222 e. The molecule has 10 heteroatoms. The maximum absolute atomic E-state index is 13.1. The smallest absolute Gasteiger partial charge is 0.222 e. The van der Waals surface area contributed by atoms with E-state index in [9.17, 15) is 9.18 Å². The molecule has 29 heavy (non-hydrogen) atoms. The van der Waals surface area contributed by atoms with Gasteiger partial charge in [-0.05, 0) is 37.1 Å². The number of carbonyl (C=O) groups is 1. The normalized spacial score (nSPS) is 12.2. The Bertz CT molecular complexity index is 842. The number of hydrogen-bond acceptors (Lipinski definition) is 2. The topological polar surface area (TPSA) is 84.4 Å². The van der Waals surface area contributed by atoms with Gasteiger partial charge in [-0.2, -0.15) is 0 Å². The lowest BCUT2D eigenvalue weighted by Crippen LogP contribution is -2.43. The second-order valence-electron chi connectivity index (χ2n) is 6.34. The van der Waals surface area contributed by atoms with Crippen LogP contribution in [0.3, 0.4) is 0 Å². The Morgan fingerprint density at radius 1 is 1.28 bits per heavy atom. The number of primary amides is 1. The fraction of sp³-hybridized carbons (Fsp3) is 0.368. The zero-order valence-electron chi connectivity index (χ0n) is 16.2. The molecule has 1 aromatic carbocycles. The predicted molar refractivity (Wildman–Crippen MR) is 126 cm³/mol. The molecule has 1 amide bonds. The molecule has 1 heterocycles. The van der Waals surface area contributed by atoms with Crippen molar-refractivity contribution in [3.8, 4) is 0 Å². The molecule has 0 saturated heterocycles. The van der Waals surface area contributed by atoms with E-state index in [4.69, 9.17) is 28.9 Å². The number of carbonyl (C=O) groups excluding carboxylic acids is 1. The maximum atomic E-state index is 13.1. The van der Waals surface area contributed by atoms with Crippen LogP contribution in [0.1, 0.15) is 18.2 Å². The van der Waals surface area contributed by atoms with Gasteiger partial charge in [-0.1, -0.05) is 35.3 Å². The number of benzene rings is 1. The van der Waals surface area contributed by atoms with Crippen LogP contribution in [0.5, 0.6) is 0 Å². The van der Waals surface area contributed by atoms with E-state index in [-0.39, 0.29) is 29.8 Å². The third-order valence-corrected chi connectivity index (χ3v) is 5.11. The van der Waals surface area contributed by atoms with Crippen molar-refractivity contribution in [2.75, 3.05) is 13.1 Å². The summed E-state index contributed by atoms with van der Waals surface area (Å²) in [4.78, 5) is 16.3. The van der Waals surface area contributed by atoms with E-state index >= 15 is 0 Å². The Morgan fingerprint density at radius 3 is 2.45 bits per heavy atom. The predicted octanol–water partition coefficient (Wildman–Crippen LogP) is 3.49. The monoisotopic (exact) mass is 555 g/mol. The van der Waals surface area contributed by atoms with Gasteiger partial charge in [0.05, 0.1) is 17.5 Å². The molecule has 0 fully saturated rings. The Labute approximate surface area is 197 Å². The molecule has 0 spiro atoms. The van der Waals surface area contributed by atoms with Crippen LogP contribution < -0.4 is 16.4 Å². The largest absolute Gasteiger partial charge is 0.369 e. The molecule has 0 aliphatic carbocycles. The Morgan fingerprint density at radius 2 is 1.93 bits per heavy atom. The molecule has 0 saturated carbocycles. The molecule has 160 valence electrons. The van der Waals surface area contributed by atoms with Gasteiger partial charge >= 0.3 is 0 Å². The third kappa shape index (κ3) is 7.67. The number of halogens is 4. The first-order chi connectivity index (χ1) is 13.3. The molecular weight excluding hydrogens is 531 g/mol. The van der Waals surface area contributed by atoms with Gasteiger partial charge in [0.25, 0.3) is 0 Å². The Kier molecular flexibility index (Phi) is 10.8. The lowest BCUT2D eigenvalue weighted by Gasteiger charge is -2.17. The number of nitrogens with one attached hydrogen (secondary N) is 2. The van der Waals surface area contributed by atoms with Crippen molar-refractivity contribution in [2.24, 2.45) is 23.7 Å². The minimum absolute atomic E-state index is 0. The molecule has 0 aliphatic rings. The van der Waals surface area contributed by atoms with Gasteiger partial charge in [-0.15, -0.1) is 24.0 Å². The van der Waals surface area contributed by atoms with Crippen LogP contribution in [-0.4, -0.2) is 29.5 Å². The van der Waals surface area contributed by atoms with E-state index < -0.39 is 11.8 Å². The number of rotatable bonds is 8. The molecule has 1 atom stereocenters. The third-order valence-electron chi connectivity index (χ3n) is 4.27. The first-order valence-corrected chi connectivity index (χ1v) is 9.63. The fourth-order valence-electron chi connectivity index (χ4n) is 2.64. The van der Waals surface area contributed by atoms with Crippen LogP contribution >= 0.6 is 47.2 Å². The molecular formula is C19H25Cl2FIN5O. The van der Waals surface area contributed by atoms with Crippen molar-refractivity contribution in [1.29, 1.82) is 0 Å². The van der Waals surface area contributed by atoms with Crippen molar-refractivity contribution in [3.05, 3.63) is 57.6 Å². The number of nitrogens with zero attached hydrogens (tertiary/aromatic N) is 2. The molecule has 0 radical (unpaired) electrons. The van der Waals surface area contributed by atoms with Gasteiger partial charge in [-0.3, -0.25) is 4.79 Å².